The molecule has 4 N–H and O–H groups in total. The number of hydrogen-bond acceptors (Lipinski definition) is 5. The van der Waals surface area contributed by atoms with Gasteiger partial charge in [0.15, 0.2) is 0 Å². The minimum Gasteiger partial charge on any atom is -0.496 e. The van der Waals surface area contributed by atoms with Crippen LogP contribution in [0.4, 0.5) is 0 Å². The van der Waals surface area contributed by atoms with Gasteiger partial charge in [-0.25, -0.2) is 13.1 Å². The lowest BCUT2D eigenvalue weighted by Gasteiger charge is -2.34. The van der Waals surface area contributed by atoms with Gasteiger partial charge < -0.3 is 15.8 Å². The minimum absolute atomic E-state index is 0. The summed E-state index contributed by atoms with van der Waals surface area (Å²) < 4.78 is 32.6. The number of benzene rings is 1. The molecule has 1 fully saturated rings. The van der Waals surface area contributed by atoms with Crippen LogP contribution in [0.1, 0.15) is 30.1 Å². The van der Waals surface area contributed by atoms with Crippen molar-refractivity contribution in [2.75, 3.05) is 26.7 Å². The summed E-state index contributed by atoms with van der Waals surface area (Å²) in [4.78, 5) is 11.4. The number of nitrogens with two attached hydrogens (primary N) is 1. The molecule has 0 radical (unpaired) electrons. The van der Waals surface area contributed by atoms with Crippen LogP contribution in [0.25, 0.3) is 0 Å². The first-order valence-corrected chi connectivity index (χ1v) is 8.94. The molecular formula is C15H24ClN3O4S. The maximum atomic E-state index is 12.5. The van der Waals surface area contributed by atoms with Gasteiger partial charge in [-0.3, -0.25) is 4.79 Å². The van der Waals surface area contributed by atoms with Gasteiger partial charge in [-0.1, -0.05) is 6.92 Å². The van der Waals surface area contributed by atoms with Crippen LogP contribution in [0.15, 0.2) is 23.1 Å². The monoisotopic (exact) mass is 377 g/mol. The molecule has 1 aliphatic rings. The van der Waals surface area contributed by atoms with Crippen molar-refractivity contribution in [2.45, 2.75) is 24.7 Å². The zero-order valence-electron chi connectivity index (χ0n) is 13.8. The van der Waals surface area contributed by atoms with Gasteiger partial charge in [0.05, 0.1) is 17.6 Å². The van der Waals surface area contributed by atoms with Crippen molar-refractivity contribution in [1.29, 1.82) is 0 Å². The van der Waals surface area contributed by atoms with E-state index in [1.807, 2.05) is 0 Å². The molecule has 0 spiro atoms. The minimum atomic E-state index is -3.71. The second kappa shape index (κ2) is 8.15. The lowest BCUT2D eigenvalue weighted by Crippen LogP contribution is -2.42. The zero-order valence-corrected chi connectivity index (χ0v) is 15.4. The molecule has 7 nitrogen and oxygen atoms in total. The highest BCUT2D eigenvalue weighted by atomic mass is 35.5. The normalized spacial score (nSPS) is 16.9. The molecule has 1 aliphatic heterocycles. The number of primary amides is 1. The fraction of sp³-hybridized carbons (Fsp3) is 0.533. The molecule has 1 amide bonds. The lowest BCUT2D eigenvalue weighted by molar-refractivity contribution is 0.0997. The van der Waals surface area contributed by atoms with Gasteiger partial charge in [-0.2, -0.15) is 0 Å². The van der Waals surface area contributed by atoms with E-state index in [0.29, 0.717) is 6.54 Å². The van der Waals surface area contributed by atoms with Crippen LogP contribution in [0.5, 0.6) is 5.75 Å². The van der Waals surface area contributed by atoms with Crippen LogP contribution in [0, 0.1) is 5.41 Å². The summed E-state index contributed by atoms with van der Waals surface area (Å²) in [6.07, 6.45) is 1.81. The molecule has 1 heterocycles. The van der Waals surface area contributed by atoms with Gasteiger partial charge in [0.1, 0.15) is 5.75 Å². The molecule has 136 valence electrons. The summed E-state index contributed by atoms with van der Waals surface area (Å²) in [5.74, 6) is -0.481. The average Bonchev–Trinajstić information content (AvgIpc) is 2.53. The fourth-order valence-electron chi connectivity index (χ4n) is 2.61. The molecule has 1 saturated heterocycles. The summed E-state index contributed by atoms with van der Waals surface area (Å²) in [5.41, 5.74) is 5.25. The van der Waals surface area contributed by atoms with E-state index in [1.54, 1.807) is 0 Å². The topological polar surface area (TPSA) is 111 Å². The quantitative estimate of drug-likeness (QED) is 0.681. The lowest BCUT2D eigenvalue weighted by atomic mass is 9.81. The third-order valence-corrected chi connectivity index (χ3v) is 5.65. The van der Waals surface area contributed by atoms with Crippen molar-refractivity contribution >= 4 is 28.3 Å². The Labute approximate surface area is 148 Å². The Morgan fingerprint density at radius 2 is 2.00 bits per heavy atom. The van der Waals surface area contributed by atoms with Gasteiger partial charge in [0.25, 0.3) is 5.91 Å². The van der Waals surface area contributed by atoms with Crippen LogP contribution < -0.4 is 20.5 Å². The molecule has 0 aliphatic carbocycles. The number of ether oxygens (including phenoxy) is 1. The first-order valence-electron chi connectivity index (χ1n) is 7.46. The summed E-state index contributed by atoms with van der Waals surface area (Å²) >= 11 is 0. The third-order valence-electron chi connectivity index (χ3n) is 4.25. The molecule has 0 unspecified atom stereocenters. The Morgan fingerprint density at radius 1 is 1.38 bits per heavy atom. The van der Waals surface area contributed by atoms with Crippen molar-refractivity contribution in [1.82, 2.24) is 10.0 Å². The fourth-order valence-corrected chi connectivity index (χ4v) is 3.83. The smallest absolute Gasteiger partial charge is 0.252 e. The van der Waals surface area contributed by atoms with E-state index in [4.69, 9.17) is 10.5 Å². The number of nitrogens with one attached hydrogen (secondary N) is 2. The number of halogens is 1. The Morgan fingerprint density at radius 3 is 2.54 bits per heavy atom. The van der Waals surface area contributed by atoms with Crippen molar-refractivity contribution in [2.24, 2.45) is 11.1 Å². The molecular weight excluding hydrogens is 354 g/mol. The van der Waals surface area contributed by atoms with Crippen molar-refractivity contribution < 1.29 is 17.9 Å². The maximum Gasteiger partial charge on any atom is 0.252 e. The second-order valence-electron chi connectivity index (χ2n) is 6.11. The van der Waals surface area contributed by atoms with Crippen molar-refractivity contribution in [3.8, 4) is 5.75 Å². The molecule has 9 heteroatoms. The van der Waals surface area contributed by atoms with E-state index < -0.39 is 15.9 Å². The van der Waals surface area contributed by atoms with Gasteiger partial charge >= 0.3 is 0 Å². The zero-order chi connectivity index (χ0) is 17.1. The molecule has 24 heavy (non-hydrogen) atoms. The van der Waals surface area contributed by atoms with Crippen LogP contribution in [-0.4, -0.2) is 41.1 Å². The Bertz CT molecular complexity index is 688. The van der Waals surface area contributed by atoms with Gasteiger partial charge in [0, 0.05) is 6.54 Å². The number of hydrogen-bond donors (Lipinski definition) is 3. The Kier molecular flexibility index (Phi) is 7.03. The highest BCUT2D eigenvalue weighted by molar-refractivity contribution is 7.89. The SMILES string of the molecule is COc1ccc(S(=O)(=O)NCC2(C)CCNCC2)cc1C(N)=O.Cl. The van der Waals surface area contributed by atoms with Crippen LogP contribution in [-0.2, 0) is 10.0 Å². The molecule has 0 saturated carbocycles. The number of carbonyl (C=O) groups excluding carboxylic acids is 1. The third kappa shape index (κ3) is 4.83. The standard InChI is InChI=1S/C15H23N3O4S.ClH/c1-15(5-7-17-8-6-15)10-18-23(20,21)11-3-4-13(22-2)12(9-11)14(16)19;/h3-4,9,17-18H,5-8,10H2,1-2H3,(H2,16,19);1H. The predicted octanol–water partition coefficient (Wildman–Crippen LogP) is 0.884. The van der Waals surface area contributed by atoms with E-state index in [0.717, 1.165) is 25.9 Å². The van der Waals surface area contributed by atoms with E-state index in [-0.39, 0.29) is 34.0 Å². The van der Waals surface area contributed by atoms with Crippen molar-refractivity contribution in [3.05, 3.63) is 23.8 Å². The summed E-state index contributed by atoms with van der Waals surface area (Å²) in [6.45, 7) is 4.19. The van der Waals surface area contributed by atoms with Gasteiger partial charge in [-0.05, 0) is 49.5 Å². The van der Waals surface area contributed by atoms with Crippen LogP contribution >= 0.6 is 12.4 Å². The second-order valence-corrected chi connectivity index (χ2v) is 7.88. The molecule has 0 aromatic heterocycles. The summed E-state index contributed by atoms with van der Waals surface area (Å²) in [7, 11) is -2.32. The van der Waals surface area contributed by atoms with Crippen LogP contribution in [0.3, 0.4) is 0 Å². The molecule has 2 rings (SSSR count). The Hall–Kier alpha value is -1.35. The maximum absolute atomic E-state index is 12.5. The van der Waals surface area contributed by atoms with Crippen LogP contribution in [0.2, 0.25) is 0 Å². The van der Waals surface area contributed by atoms with Gasteiger partial charge in [-0.15, -0.1) is 12.4 Å². The van der Waals surface area contributed by atoms with E-state index in [9.17, 15) is 13.2 Å². The molecule has 0 bridgehead atoms. The molecule has 0 atom stereocenters. The number of sulfonamides is 1. The van der Waals surface area contributed by atoms with E-state index in [2.05, 4.69) is 17.0 Å². The highest BCUT2D eigenvalue weighted by Gasteiger charge is 2.29. The highest BCUT2D eigenvalue weighted by Crippen LogP contribution is 2.28. The first kappa shape index (κ1) is 20.7. The number of amides is 1. The van der Waals surface area contributed by atoms with E-state index >= 15 is 0 Å². The molecule has 1 aromatic carbocycles. The predicted molar refractivity (Wildman–Crippen MR) is 94.2 cm³/mol. The Balaban J connectivity index is 0.00000288. The van der Waals surface area contributed by atoms with Crippen molar-refractivity contribution in [3.63, 3.8) is 0 Å². The largest absolute Gasteiger partial charge is 0.496 e. The number of carbonyl (C=O) groups is 1. The van der Waals surface area contributed by atoms with E-state index in [1.165, 1.54) is 25.3 Å². The number of methoxy groups -OCH3 is 1. The number of rotatable bonds is 6. The average molecular weight is 378 g/mol. The first-order chi connectivity index (χ1) is 10.8. The summed E-state index contributed by atoms with van der Waals surface area (Å²) in [5, 5.41) is 3.26. The van der Waals surface area contributed by atoms with Gasteiger partial charge in [0.2, 0.25) is 10.0 Å². The molecule has 1 aromatic rings. The number of piperidine rings is 1. The summed E-state index contributed by atoms with van der Waals surface area (Å²) in [6, 6.07) is 4.08.